The maximum Gasteiger partial charge on any atom is 0.472 e. The van der Waals surface area contributed by atoms with Crippen molar-refractivity contribution in [3.05, 3.63) is 0 Å². The summed E-state index contributed by atoms with van der Waals surface area (Å²) in [5.41, 5.74) is -0.881. The van der Waals surface area contributed by atoms with E-state index in [1.807, 2.05) is 0 Å². The highest BCUT2D eigenvalue weighted by molar-refractivity contribution is 7.47. The lowest BCUT2D eigenvalue weighted by Gasteiger charge is -2.40. The number of unbranched alkanes of at least 4 members (excludes halogenated alkanes) is 1. The molecule has 6 unspecified atom stereocenters. The summed E-state index contributed by atoms with van der Waals surface area (Å²) in [4.78, 5) is 24.0. The maximum atomic E-state index is 12.7. The van der Waals surface area contributed by atoms with Crippen LogP contribution in [-0.2, 0) is 27.9 Å². The van der Waals surface area contributed by atoms with Crippen molar-refractivity contribution in [3.8, 4) is 0 Å². The lowest BCUT2D eigenvalue weighted by Crippen LogP contribution is -2.55. The van der Waals surface area contributed by atoms with Crippen molar-refractivity contribution in [1.29, 1.82) is 0 Å². The van der Waals surface area contributed by atoms with Crippen molar-refractivity contribution in [3.63, 3.8) is 0 Å². The van der Waals surface area contributed by atoms with Gasteiger partial charge < -0.3 is 39.7 Å². The van der Waals surface area contributed by atoms with Crippen LogP contribution in [0, 0.1) is 5.92 Å². The first-order valence-corrected chi connectivity index (χ1v) is 13.1. The normalized spacial score (nSPS) is 34.3. The molecule has 1 amide bonds. The summed E-state index contributed by atoms with van der Waals surface area (Å²) in [6.45, 7) is 6.23. The van der Waals surface area contributed by atoms with E-state index in [1.165, 1.54) is 4.90 Å². The Morgan fingerprint density at radius 1 is 1.18 bits per heavy atom. The van der Waals surface area contributed by atoms with Crippen molar-refractivity contribution < 1.29 is 53.2 Å². The van der Waals surface area contributed by atoms with Gasteiger partial charge in [-0.15, -0.1) is 0 Å². The molecule has 2 fully saturated rings. The summed E-state index contributed by atoms with van der Waals surface area (Å²) >= 11 is 0. The predicted molar refractivity (Wildman–Crippen MR) is 119 cm³/mol. The quantitative estimate of drug-likeness (QED) is 0.188. The smallest absolute Gasteiger partial charge is 0.394 e. The number of aliphatic hydroxyl groups is 4. The molecule has 34 heavy (non-hydrogen) atoms. The minimum Gasteiger partial charge on any atom is -0.394 e. The molecular weight excluding hydrogens is 473 g/mol. The Morgan fingerprint density at radius 3 is 2.47 bits per heavy atom. The lowest BCUT2D eigenvalue weighted by atomic mass is 9.92. The second-order valence-corrected chi connectivity index (χ2v) is 11.3. The summed E-state index contributed by atoms with van der Waals surface area (Å²) in [5, 5.41) is 39.2. The fourth-order valence-corrected chi connectivity index (χ4v) is 5.15. The molecule has 0 spiro atoms. The summed E-state index contributed by atoms with van der Waals surface area (Å²) in [6.07, 6.45) is -3.30. The van der Waals surface area contributed by atoms with E-state index in [-0.39, 0.29) is 38.5 Å². The minimum absolute atomic E-state index is 0.120. The van der Waals surface area contributed by atoms with Gasteiger partial charge in [0.1, 0.15) is 12.2 Å². The molecule has 0 bridgehead atoms. The number of hydrogen-bond acceptors (Lipinski definition) is 10. The minimum atomic E-state index is -4.30. The zero-order valence-corrected chi connectivity index (χ0v) is 21.2. The third-order valence-electron chi connectivity index (χ3n) is 5.79. The Labute approximate surface area is 200 Å². The third-order valence-corrected chi connectivity index (χ3v) is 7.04. The van der Waals surface area contributed by atoms with Crippen LogP contribution in [0.4, 0.5) is 0 Å². The van der Waals surface area contributed by atoms with Gasteiger partial charge in [-0.05, 0) is 40.0 Å². The number of likely N-dealkylation sites (tertiary alicyclic amines) is 1. The molecule has 2 aliphatic rings. The molecule has 0 aliphatic carbocycles. The van der Waals surface area contributed by atoms with E-state index in [4.69, 9.17) is 18.5 Å². The van der Waals surface area contributed by atoms with Gasteiger partial charge in [-0.1, -0.05) is 6.92 Å². The molecule has 0 saturated carbocycles. The van der Waals surface area contributed by atoms with E-state index in [1.54, 1.807) is 27.7 Å². The van der Waals surface area contributed by atoms with E-state index >= 15 is 0 Å². The number of nitrogens with zero attached hydrogens (tertiary/aromatic N) is 1. The van der Waals surface area contributed by atoms with Crippen molar-refractivity contribution >= 4 is 13.7 Å². The first-order chi connectivity index (χ1) is 15.7. The Bertz CT molecular complexity index is 701. The Kier molecular flexibility index (Phi) is 10.9. The van der Waals surface area contributed by atoms with Gasteiger partial charge in [0.2, 0.25) is 5.91 Å². The molecule has 13 heteroatoms. The van der Waals surface area contributed by atoms with Gasteiger partial charge in [0.25, 0.3) is 0 Å². The second-order valence-electron chi connectivity index (χ2n) is 9.95. The average Bonchev–Trinajstić information content (AvgIpc) is 3.11. The number of β-amino-alcohol motifs (C(OH)–C–C–N with tert-alkyl or cyclic N) is 1. The number of phosphoric acid groups is 1. The van der Waals surface area contributed by atoms with Crippen LogP contribution in [0.15, 0.2) is 0 Å². The number of aliphatic hydroxyl groups excluding tert-OH is 4. The van der Waals surface area contributed by atoms with Gasteiger partial charge in [-0.2, -0.15) is 0 Å². The third kappa shape index (κ3) is 8.77. The molecular formula is C21H40NO11P. The summed E-state index contributed by atoms with van der Waals surface area (Å²) in [6, 6.07) is -0.539. The zero-order valence-electron chi connectivity index (χ0n) is 20.3. The van der Waals surface area contributed by atoms with E-state index in [2.05, 4.69) is 0 Å². The first-order valence-electron chi connectivity index (χ1n) is 11.6. The summed E-state index contributed by atoms with van der Waals surface area (Å²) < 4.78 is 33.3. The molecule has 0 aromatic heterocycles. The molecule has 12 nitrogen and oxygen atoms in total. The van der Waals surface area contributed by atoms with E-state index in [9.17, 15) is 34.7 Å². The topological polar surface area (TPSA) is 175 Å². The number of amides is 1. The van der Waals surface area contributed by atoms with E-state index in [0.29, 0.717) is 12.8 Å². The van der Waals surface area contributed by atoms with E-state index in [0.717, 1.165) is 0 Å². The van der Waals surface area contributed by atoms with E-state index < -0.39 is 62.7 Å². The monoisotopic (exact) mass is 513 g/mol. The van der Waals surface area contributed by atoms with Crippen molar-refractivity contribution in [2.45, 2.75) is 95.7 Å². The van der Waals surface area contributed by atoms with Crippen molar-refractivity contribution in [2.24, 2.45) is 5.92 Å². The van der Waals surface area contributed by atoms with Crippen LogP contribution in [-0.4, -0.2) is 105 Å². The number of hydrogen-bond donors (Lipinski definition) is 5. The average molecular weight is 514 g/mol. The van der Waals surface area contributed by atoms with Crippen LogP contribution < -0.4 is 0 Å². The molecule has 2 aliphatic heterocycles. The van der Waals surface area contributed by atoms with Gasteiger partial charge in [0.05, 0.1) is 37.1 Å². The van der Waals surface area contributed by atoms with Crippen molar-refractivity contribution in [2.75, 3.05) is 26.4 Å². The molecule has 2 rings (SSSR count). The molecule has 0 radical (unpaired) electrons. The Morgan fingerprint density at radius 2 is 1.85 bits per heavy atom. The van der Waals surface area contributed by atoms with Crippen LogP contribution >= 0.6 is 7.82 Å². The Hall–Kier alpha value is -0.660. The number of rotatable bonds is 11. The predicted octanol–water partition coefficient (Wildman–Crippen LogP) is 0.142. The highest BCUT2D eigenvalue weighted by atomic mass is 31.2. The fraction of sp³-hybridized carbons (Fsp3) is 0.952. The molecule has 0 aromatic carbocycles. The highest BCUT2D eigenvalue weighted by Gasteiger charge is 2.42. The summed E-state index contributed by atoms with van der Waals surface area (Å²) in [5.74, 6) is -0.702. The molecule has 8 atom stereocenters. The van der Waals surface area contributed by atoms with Crippen LogP contribution in [0.2, 0.25) is 0 Å². The SMILES string of the molecule is CC1C(OCCCCC(=O)N2C[C@H](O)C[C@H]2COP(=O)(O)OC(C)(C)C)OC(CO)C(O)C1O. The molecule has 0 aromatic rings. The number of ether oxygens (including phenoxy) is 2. The Balaban J connectivity index is 1.75. The number of carbonyl (C=O) groups excluding carboxylic acids is 1. The van der Waals surface area contributed by atoms with Crippen LogP contribution in [0.25, 0.3) is 0 Å². The van der Waals surface area contributed by atoms with Crippen LogP contribution in [0.5, 0.6) is 0 Å². The molecule has 200 valence electrons. The fourth-order valence-electron chi connectivity index (χ4n) is 4.04. The standard InChI is InChI=1S/C21H40NO11P/c1-13-18(26)19(27)16(11-23)32-20(13)30-8-6-5-7-17(25)22-10-15(24)9-14(22)12-31-34(28,29)33-21(2,3)4/h13-16,18-20,23-24,26-27H,5-12H2,1-4H3,(H,28,29)/t13?,14-,15+,16?,18?,19?,20?/m0/s1. The second kappa shape index (κ2) is 12.5. The van der Waals surface area contributed by atoms with Crippen LogP contribution in [0.3, 0.4) is 0 Å². The van der Waals surface area contributed by atoms with Gasteiger partial charge in [-0.3, -0.25) is 13.8 Å². The zero-order chi connectivity index (χ0) is 25.7. The van der Waals surface area contributed by atoms with Gasteiger partial charge >= 0.3 is 7.82 Å². The first kappa shape index (κ1) is 29.6. The number of carbonyl (C=O) groups is 1. The summed E-state index contributed by atoms with van der Waals surface area (Å²) in [7, 11) is -4.30. The largest absolute Gasteiger partial charge is 0.472 e. The van der Waals surface area contributed by atoms with Crippen LogP contribution in [0.1, 0.15) is 53.4 Å². The maximum absolute atomic E-state index is 12.7. The van der Waals surface area contributed by atoms with Gasteiger partial charge in [-0.25, -0.2) is 4.57 Å². The van der Waals surface area contributed by atoms with Gasteiger partial charge in [0.15, 0.2) is 6.29 Å². The highest BCUT2D eigenvalue weighted by Crippen LogP contribution is 2.47. The molecule has 2 saturated heterocycles. The molecule has 5 N–H and O–H groups in total. The number of phosphoric ester groups is 1. The van der Waals surface area contributed by atoms with Gasteiger partial charge in [0, 0.05) is 25.5 Å². The van der Waals surface area contributed by atoms with Crippen molar-refractivity contribution in [1.82, 2.24) is 4.90 Å². The molecule has 2 heterocycles. The lowest BCUT2D eigenvalue weighted by molar-refractivity contribution is -0.282.